The van der Waals surface area contributed by atoms with Gasteiger partial charge < -0.3 is 4.57 Å². The molecule has 0 radical (unpaired) electrons. The van der Waals surface area contributed by atoms with Crippen molar-refractivity contribution >= 4 is 28.1 Å². The number of aromatic nitrogens is 4. The highest BCUT2D eigenvalue weighted by Gasteiger charge is 2.25. The molecule has 4 rings (SSSR count). The first-order chi connectivity index (χ1) is 10.2. The third-order valence-corrected chi connectivity index (χ3v) is 5.51. The molecule has 3 aromatic heterocycles. The fourth-order valence-corrected chi connectivity index (χ4v) is 4.17. The van der Waals surface area contributed by atoms with Crippen molar-refractivity contribution in [3.63, 3.8) is 0 Å². The largest absolute Gasteiger partial charge is 0.323 e. The minimum Gasteiger partial charge on any atom is -0.323 e. The number of hydrogen-bond donors (Lipinski definition) is 0. The Morgan fingerprint density at radius 3 is 3.14 bits per heavy atom. The lowest BCUT2D eigenvalue weighted by atomic mass is 10.4. The van der Waals surface area contributed by atoms with Gasteiger partial charge in [-0.2, -0.15) is 0 Å². The molecule has 0 bridgehead atoms. The van der Waals surface area contributed by atoms with E-state index in [1.165, 1.54) is 24.2 Å². The van der Waals surface area contributed by atoms with Crippen LogP contribution in [0.1, 0.15) is 30.3 Å². The van der Waals surface area contributed by atoms with Crippen LogP contribution < -0.4 is 5.56 Å². The lowest BCUT2D eigenvalue weighted by Crippen LogP contribution is -2.14. The fraction of sp³-hybridized carbons (Fsp3) is 0.357. The van der Waals surface area contributed by atoms with Crippen LogP contribution in [0.2, 0.25) is 0 Å². The summed E-state index contributed by atoms with van der Waals surface area (Å²) >= 11 is 3.15. The van der Waals surface area contributed by atoms with Crippen molar-refractivity contribution in [3.8, 4) is 0 Å². The van der Waals surface area contributed by atoms with Gasteiger partial charge in [-0.3, -0.25) is 9.20 Å². The van der Waals surface area contributed by atoms with Crippen molar-refractivity contribution in [1.82, 2.24) is 18.9 Å². The van der Waals surface area contributed by atoms with E-state index in [1.54, 1.807) is 22.2 Å². The minimum atomic E-state index is -0.000107. The quantitative estimate of drug-likeness (QED) is 0.694. The summed E-state index contributed by atoms with van der Waals surface area (Å²) in [7, 11) is 0. The van der Waals surface area contributed by atoms with E-state index in [1.807, 2.05) is 24.7 Å². The van der Waals surface area contributed by atoms with Gasteiger partial charge in [-0.05, 0) is 19.8 Å². The Morgan fingerprint density at radius 1 is 1.48 bits per heavy atom. The number of aryl methyl sites for hydroxylation is 1. The molecule has 0 amide bonds. The van der Waals surface area contributed by atoms with Gasteiger partial charge in [-0.15, -0.1) is 11.3 Å². The molecule has 5 nitrogen and oxygen atoms in total. The van der Waals surface area contributed by atoms with Gasteiger partial charge in [0.2, 0.25) is 0 Å². The van der Waals surface area contributed by atoms with E-state index in [-0.39, 0.29) is 5.56 Å². The SMILES string of the molecule is Cc1csc2nc(CSc3nccn3C3CC3)cc(=O)n12. The lowest BCUT2D eigenvalue weighted by Gasteiger charge is -2.05. The van der Waals surface area contributed by atoms with Crippen LogP contribution in [0.25, 0.3) is 4.96 Å². The van der Waals surface area contributed by atoms with Crippen LogP contribution in [0.15, 0.2) is 33.8 Å². The number of hydrogen-bond acceptors (Lipinski definition) is 5. The van der Waals surface area contributed by atoms with E-state index < -0.39 is 0 Å². The molecule has 0 atom stereocenters. The first-order valence-corrected chi connectivity index (χ1v) is 8.71. The molecule has 0 N–H and O–H groups in total. The molecule has 7 heteroatoms. The first kappa shape index (κ1) is 13.1. The van der Waals surface area contributed by atoms with Crippen molar-refractivity contribution < 1.29 is 0 Å². The third-order valence-electron chi connectivity index (χ3n) is 3.55. The van der Waals surface area contributed by atoms with Crippen LogP contribution in [0.3, 0.4) is 0 Å². The van der Waals surface area contributed by atoms with Crippen LogP contribution in [-0.2, 0) is 5.75 Å². The van der Waals surface area contributed by atoms with Crippen molar-refractivity contribution in [1.29, 1.82) is 0 Å². The summed E-state index contributed by atoms with van der Waals surface area (Å²) in [5, 5.41) is 2.97. The first-order valence-electron chi connectivity index (χ1n) is 6.85. The molecule has 1 aliphatic rings. The highest BCUT2D eigenvalue weighted by molar-refractivity contribution is 7.98. The molecule has 0 aromatic carbocycles. The molecule has 108 valence electrons. The van der Waals surface area contributed by atoms with E-state index >= 15 is 0 Å². The number of thiazole rings is 1. The van der Waals surface area contributed by atoms with E-state index in [0.29, 0.717) is 11.8 Å². The van der Waals surface area contributed by atoms with Crippen molar-refractivity contribution in [2.45, 2.75) is 36.7 Å². The zero-order valence-electron chi connectivity index (χ0n) is 11.5. The summed E-state index contributed by atoms with van der Waals surface area (Å²) < 4.78 is 3.88. The Hall–Kier alpha value is -1.60. The van der Waals surface area contributed by atoms with Gasteiger partial charge in [0, 0.05) is 41.3 Å². The zero-order valence-corrected chi connectivity index (χ0v) is 13.2. The fourth-order valence-electron chi connectivity index (χ4n) is 2.36. The van der Waals surface area contributed by atoms with E-state index in [4.69, 9.17) is 0 Å². The Morgan fingerprint density at radius 2 is 2.33 bits per heavy atom. The molecule has 0 spiro atoms. The monoisotopic (exact) mass is 318 g/mol. The average Bonchev–Trinajstić information content (AvgIpc) is 3.08. The van der Waals surface area contributed by atoms with Gasteiger partial charge in [0.15, 0.2) is 10.1 Å². The summed E-state index contributed by atoms with van der Waals surface area (Å²) in [4.78, 5) is 21.9. The Labute approximate surface area is 129 Å². The van der Waals surface area contributed by atoms with Crippen LogP contribution in [0.5, 0.6) is 0 Å². The van der Waals surface area contributed by atoms with Gasteiger partial charge in [-0.25, -0.2) is 9.97 Å². The number of nitrogens with zero attached hydrogens (tertiary/aromatic N) is 4. The predicted octanol–water partition coefficient (Wildman–Crippen LogP) is 2.89. The van der Waals surface area contributed by atoms with Crippen LogP contribution in [0, 0.1) is 6.92 Å². The van der Waals surface area contributed by atoms with E-state index in [9.17, 15) is 4.79 Å². The minimum absolute atomic E-state index is 0.000107. The zero-order chi connectivity index (χ0) is 14.4. The Balaban J connectivity index is 1.59. The molecule has 3 aromatic rings. The highest BCUT2D eigenvalue weighted by Crippen LogP contribution is 2.38. The maximum absolute atomic E-state index is 12.1. The molecular formula is C14H14N4OS2. The number of fused-ring (bicyclic) bond motifs is 1. The maximum Gasteiger partial charge on any atom is 0.258 e. The molecular weight excluding hydrogens is 304 g/mol. The summed E-state index contributed by atoms with van der Waals surface area (Å²) in [6.45, 7) is 1.92. The molecule has 3 heterocycles. The van der Waals surface area contributed by atoms with Crippen molar-refractivity contribution in [2.75, 3.05) is 0 Å². The average molecular weight is 318 g/mol. The van der Waals surface area contributed by atoms with Crippen molar-refractivity contribution in [2.24, 2.45) is 0 Å². The predicted molar refractivity (Wildman–Crippen MR) is 84.1 cm³/mol. The smallest absolute Gasteiger partial charge is 0.258 e. The van der Waals surface area contributed by atoms with Gasteiger partial charge in [0.25, 0.3) is 5.56 Å². The molecule has 1 fully saturated rings. The molecule has 0 saturated heterocycles. The van der Waals surface area contributed by atoms with Crippen molar-refractivity contribution in [3.05, 3.63) is 45.6 Å². The molecule has 0 aliphatic heterocycles. The second-order valence-electron chi connectivity index (χ2n) is 5.22. The van der Waals surface area contributed by atoms with Crippen LogP contribution in [0.4, 0.5) is 0 Å². The standard InChI is InChI=1S/C14H14N4OS2/c1-9-7-20-14-16-10(6-12(19)18(9)14)8-21-13-15-4-5-17(13)11-2-3-11/h4-7,11H,2-3,8H2,1H3. The highest BCUT2D eigenvalue weighted by atomic mass is 32.2. The molecule has 21 heavy (non-hydrogen) atoms. The van der Waals surface area contributed by atoms with Gasteiger partial charge >= 0.3 is 0 Å². The number of rotatable bonds is 4. The van der Waals surface area contributed by atoms with Crippen LogP contribution >= 0.6 is 23.1 Å². The van der Waals surface area contributed by atoms with Crippen LogP contribution in [-0.4, -0.2) is 18.9 Å². The summed E-state index contributed by atoms with van der Waals surface area (Å²) in [6, 6.07) is 2.25. The summed E-state index contributed by atoms with van der Waals surface area (Å²) in [5.41, 5.74) is 1.76. The molecule has 1 saturated carbocycles. The molecule has 1 aliphatic carbocycles. The van der Waals surface area contributed by atoms with Gasteiger partial charge in [0.05, 0.1) is 5.69 Å². The second kappa shape index (κ2) is 4.99. The number of imidazole rings is 1. The maximum atomic E-state index is 12.1. The second-order valence-corrected chi connectivity index (χ2v) is 7.00. The topological polar surface area (TPSA) is 52.2 Å². The number of thioether (sulfide) groups is 1. The molecule has 0 unspecified atom stereocenters. The Bertz CT molecular complexity index is 859. The van der Waals surface area contributed by atoms with Gasteiger partial charge in [-0.1, -0.05) is 11.8 Å². The Kier molecular flexibility index (Phi) is 3.11. The van der Waals surface area contributed by atoms with E-state index in [2.05, 4.69) is 14.5 Å². The third kappa shape index (κ3) is 2.40. The normalized spacial score (nSPS) is 14.9. The van der Waals surface area contributed by atoms with E-state index in [0.717, 1.165) is 21.5 Å². The van der Waals surface area contributed by atoms with Gasteiger partial charge in [0.1, 0.15) is 0 Å². The lowest BCUT2D eigenvalue weighted by molar-refractivity contribution is 0.663. The summed E-state index contributed by atoms with van der Waals surface area (Å²) in [5.74, 6) is 0.673. The summed E-state index contributed by atoms with van der Waals surface area (Å²) in [6.07, 6.45) is 6.36.